The van der Waals surface area contributed by atoms with Crippen LogP contribution in [0.25, 0.3) is 0 Å². The van der Waals surface area contributed by atoms with Crippen LogP contribution in [0.15, 0.2) is 42.5 Å². The molecule has 2 aliphatic rings. The van der Waals surface area contributed by atoms with E-state index in [1.54, 1.807) is 6.07 Å². The van der Waals surface area contributed by atoms with E-state index in [1.807, 2.05) is 0 Å². The zero-order chi connectivity index (χ0) is 18.7. The fraction of sp³-hybridized carbons (Fsp3) is 0.500. The van der Waals surface area contributed by atoms with Crippen molar-refractivity contribution in [2.75, 3.05) is 13.1 Å². The Hall–Kier alpha value is -1.71. The maximum atomic E-state index is 10.4. The van der Waals surface area contributed by atoms with E-state index >= 15 is 0 Å². The minimum Gasteiger partial charge on any atom is -0.504 e. The van der Waals surface area contributed by atoms with Gasteiger partial charge in [0.2, 0.25) is 0 Å². The van der Waals surface area contributed by atoms with Crippen LogP contribution in [0.1, 0.15) is 55.2 Å². The maximum Gasteiger partial charge on any atom is 0.160 e. The standard InChI is InChI=1S/C24H31NO2.ClH/c26-22-12-11-21-20(23(22)27)10-9-19-8-4-5-14-24(19,21)15-17-25-16-13-18-6-2-1-3-7-18;/h1-3,6-7,11-12,19,25-27H,4-5,8-10,13-17H2;1H. The van der Waals surface area contributed by atoms with E-state index in [4.69, 9.17) is 0 Å². The first kappa shape index (κ1) is 21.0. The first-order valence-corrected chi connectivity index (χ1v) is 10.5. The summed E-state index contributed by atoms with van der Waals surface area (Å²) in [6, 6.07) is 14.4. The Labute approximate surface area is 174 Å². The third-order valence-corrected chi connectivity index (χ3v) is 6.93. The molecule has 2 atom stereocenters. The largest absolute Gasteiger partial charge is 0.504 e. The summed E-state index contributed by atoms with van der Waals surface area (Å²) in [6.45, 7) is 2.00. The zero-order valence-corrected chi connectivity index (χ0v) is 17.3. The number of halogens is 1. The predicted octanol–water partition coefficient (Wildman–Crippen LogP) is 5.12. The molecule has 1 fully saturated rings. The molecule has 4 rings (SSSR count). The summed E-state index contributed by atoms with van der Waals surface area (Å²) in [7, 11) is 0. The van der Waals surface area contributed by atoms with Crippen molar-refractivity contribution in [3.63, 3.8) is 0 Å². The molecule has 2 aromatic carbocycles. The van der Waals surface area contributed by atoms with E-state index in [9.17, 15) is 10.2 Å². The molecule has 4 heteroatoms. The number of hydrogen-bond acceptors (Lipinski definition) is 3. The molecular weight excluding hydrogens is 370 g/mol. The highest BCUT2D eigenvalue weighted by atomic mass is 35.5. The Morgan fingerprint density at radius 1 is 0.964 bits per heavy atom. The second-order valence-electron chi connectivity index (χ2n) is 8.33. The molecule has 0 aromatic heterocycles. The van der Waals surface area contributed by atoms with Gasteiger partial charge >= 0.3 is 0 Å². The Morgan fingerprint density at radius 3 is 2.61 bits per heavy atom. The van der Waals surface area contributed by atoms with Gasteiger partial charge in [-0.3, -0.25) is 0 Å². The first-order valence-electron chi connectivity index (χ1n) is 10.5. The second-order valence-corrected chi connectivity index (χ2v) is 8.33. The van der Waals surface area contributed by atoms with E-state index in [0.29, 0.717) is 5.92 Å². The Bertz CT molecular complexity index is 780. The number of nitrogens with one attached hydrogen (secondary N) is 1. The molecule has 0 spiro atoms. The maximum absolute atomic E-state index is 10.4. The van der Waals surface area contributed by atoms with Gasteiger partial charge in [0.15, 0.2) is 11.5 Å². The van der Waals surface area contributed by atoms with Gasteiger partial charge in [0.25, 0.3) is 0 Å². The van der Waals surface area contributed by atoms with Crippen LogP contribution < -0.4 is 5.32 Å². The quantitative estimate of drug-likeness (QED) is 0.465. The van der Waals surface area contributed by atoms with Gasteiger partial charge < -0.3 is 15.5 Å². The summed E-state index contributed by atoms with van der Waals surface area (Å²) in [5.74, 6) is 0.852. The highest BCUT2D eigenvalue weighted by Gasteiger charge is 2.45. The normalized spacial score (nSPS) is 23.4. The highest BCUT2D eigenvalue weighted by Crippen LogP contribution is 2.54. The minimum absolute atomic E-state index is 0. The molecule has 0 radical (unpaired) electrons. The average Bonchev–Trinajstić information content (AvgIpc) is 2.71. The van der Waals surface area contributed by atoms with Crippen LogP contribution in [0.4, 0.5) is 0 Å². The van der Waals surface area contributed by atoms with E-state index in [2.05, 4.69) is 41.7 Å². The number of hydrogen-bond donors (Lipinski definition) is 3. The number of benzene rings is 2. The summed E-state index contributed by atoms with van der Waals surface area (Å²) in [6.07, 6.45) is 9.29. The van der Waals surface area contributed by atoms with E-state index < -0.39 is 0 Å². The fourth-order valence-corrected chi connectivity index (χ4v) is 5.53. The smallest absolute Gasteiger partial charge is 0.160 e. The molecule has 0 heterocycles. The van der Waals surface area contributed by atoms with Gasteiger partial charge in [0.05, 0.1) is 0 Å². The molecule has 0 aliphatic heterocycles. The summed E-state index contributed by atoms with van der Waals surface area (Å²) < 4.78 is 0. The van der Waals surface area contributed by atoms with Gasteiger partial charge in [-0.05, 0) is 80.1 Å². The molecule has 152 valence electrons. The summed E-state index contributed by atoms with van der Waals surface area (Å²) in [4.78, 5) is 0. The molecule has 28 heavy (non-hydrogen) atoms. The summed E-state index contributed by atoms with van der Waals surface area (Å²) in [5.41, 5.74) is 3.84. The molecule has 3 nitrogen and oxygen atoms in total. The molecule has 0 saturated heterocycles. The van der Waals surface area contributed by atoms with Crippen LogP contribution in [0.3, 0.4) is 0 Å². The lowest BCUT2D eigenvalue weighted by atomic mass is 9.55. The van der Waals surface area contributed by atoms with Crippen molar-refractivity contribution in [1.29, 1.82) is 0 Å². The molecule has 1 saturated carbocycles. The highest BCUT2D eigenvalue weighted by molar-refractivity contribution is 5.85. The van der Waals surface area contributed by atoms with E-state index in [0.717, 1.165) is 44.3 Å². The predicted molar refractivity (Wildman–Crippen MR) is 117 cm³/mol. The van der Waals surface area contributed by atoms with Crippen molar-refractivity contribution >= 4 is 12.4 Å². The number of rotatable bonds is 6. The minimum atomic E-state index is 0. The first-order chi connectivity index (χ1) is 13.2. The van der Waals surface area contributed by atoms with Crippen molar-refractivity contribution < 1.29 is 10.2 Å². The van der Waals surface area contributed by atoms with Gasteiger partial charge in [-0.2, -0.15) is 0 Å². The van der Waals surface area contributed by atoms with Crippen LogP contribution in [0.2, 0.25) is 0 Å². The van der Waals surface area contributed by atoms with Crippen LogP contribution in [0, 0.1) is 5.92 Å². The fourth-order valence-electron chi connectivity index (χ4n) is 5.53. The van der Waals surface area contributed by atoms with Gasteiger partial charge in [-0.1, -0.05) is 49.2 Å². The molecule has 0 amide bonds. The van der Waals surface area contributed by atoms with Crippen LogP contribution in [-0.2, 0) is 18.3 Å². The molecule has 2 unspecified atom stereocenters. The molecule has 3 N–H and O–H groups in total. The molecular formula is C24H32ClNO2. The molecule has 0 bridgehead atoms. The SMILES string of the molecule is Cl.Oc1ccc2c(c1O)CCC1CCCCC21CCNCCc1ccccc1. The summed E-state index contributed by atoms with van der Waals surface area (Å²) >= 11 is 0. The lowest BCUT2D eigenvalue weighted by Crippen LogP contribution is -2.44. The van der Waals surface area contributed by atoms with Crippen molar-refractivity contribution in [3.05, 3.63) is 59.2 Å². The van der Waals surface area contributed by atoms with Gasteiger partial charge in [-0.25, -0.2) is 0 Å². The van der Waals surface area contributed by atoms with Crippen LogP contribution >= 0.6 is 12.4 Å². The van der Waals surface area contributed by atoms with Crippen molar-refractivity contribution in [2.24, 2.45) is 5.92 Å². The third kappa shape index (κ3) is 4.01. The topological polar surface area (TPSA) is 52.5 Å². The lowest BCUT2D eigenvalue weighted by molar-refractivity contribution is 0.145. The molecule has 2 aliphatic carbocycles. The van der Waals surface area contributed by atoms with Gasteiger partial charge in [-0.15, -0.1) is 12.4 Å². The van der Waals surface area contributed by atoms with Gasteiger partial charge in [0.1, 0.15) is 0 Å². The van der Waals surface area contributed by atoms with Crippen LogP contribution in [-0.4, -0.2) is 23.3 Å². The Morgan fingerprint density at radius 2 is 1.79 bits per heavy atom. The number of aromatic hydroxyl groups is 2. The third-order valence-electron chi connectivity index (χ3n) is 6.93. The molecule has 2 aromatic rings. The van der Waals surface area contributed by atoms with Crippen molar-refractivity contribution in [3.8, 4) is 11.5 Å². The van der Waals surface area contributed by atoms with Gasteiger partial charge in [0, 0.05) is 5.56 Å². The van der Waals surface area contributed by atoms with E-state index in [-0.39, 0.29) is 29.3 Å². The van der Waals surface area contributed by atoms with Crippen LogP contribution in [0.5, 0.6) is 11.5 Å². The summed E-state index contributed by atoms with van der Waals surface area (Å²) in [5, 5.41) is 24.0. The van der Waals surface area contributed by atoms with Crippen molar-refractivity contribution in [2.45, 2.75) is 56.8 Å². The monoisotopic (exact) mass is 401 g/mol. The van der Waals surface area contributed by atoms with Crippen molar-refractivity contribution in [1.82, 2.24) is 5.32 Å². The zero-order valence-electron chi connectivity index (χ0n) is 16.5. The Balaban J connectivity index is 0.00000225. The number of phenols is 2. The number of fused-ring (bicyclic) bond motifs is 3. The second kappa shape index (κ2) is 9.19. The Kier molecular flexibility index (Phi) is 6.90. The lowest BCUT2D eigenvalue weighted by Gasteiger charge is -2.49. The average molecular weight is 402 g/mol. The van der Waals surface area contributed by atoms with E-state index in [1.165, 1.54) is 36.8 Å². The number of phenolic OH excluding ortho intramolecular Hbond substituents is 2.